The molecule has 1 aliphatic carbocycles. The molecule has 1 aliphatic rings. The Hall–Kier alpha value is -2.18. The molecule has 0 spiro atoms. The van der Waals surface area contributed by atoms with E-state index in [2.05, 4.69) is 57.4 Å². The molecular formula is C28H38N2O2S2. The highest BCUT2D eigenvalue weighted by atomic mass is 32.1. The highest BCUT2D eigenvalue weighted by Crippen LogP contribution is 2.45. The van der Waals surface area contributed by atoms with Crippen molar-refractivity contribution in [1.82, 2.24) is 10.6 Å². The van der Waals surface area contributed by atoms with E-state index in [-0.39, 0.29) is 16.9 Å². The number of hydrogen-bond acceptors (Lipinski definition) is 4. The van der Waals surface area contributed by atoms with Crippen molar-refractivity contribution in [3.8, 4) is 11.5 Å². The maximum absolute atomic E-state index is 6.03. The summed E-state index contributed by atoms with van der Waals surface area (Å²) in [6.07, 6.45) is 4.90. The van der Waals surface area contributed by atoms with Crippen LogP contribution in [-0.2, 0) is 12.8 Å². The number of aryl methyl sites for hydroxylation is 2. The van der Waals surface area contributed by atoms with Crippen molar-refractivity contribution in [2.45, 2.75) is 72.8 Å². The summed E-state index contributed by atoms with van der Waals surface area (Å²) in [5.74, 6) is 1.66. The average Bonchev–Trinajstić information content (AvgIpc) is 2.77. The van der Waals surface area contributed by atoms with Gasteiger partial charge in [0, 0.05) is 12.6 Å². The first-order valence-electron chi connectivity index (χ1n) is 12.2. The number of ether oxygens (including phenoxy) is 2. The van der Waals surface area contributed by atoms with Gasteiger partial charge in [-0.2, -0.15) is 0 Å². The van der Waals surface area contributed by atoms with Crippen LogP contribution in [0.2, 0.25) is 0 Å². The van der Waals surface area contributed by atoms with Gasteiger partial charge < -0.3 is 20.1 Å². The van der Waals surface area contributed by atoms with Gasteiger partial charge in [0.25, 0.3) is 10.3 Å². The molecule has 34 heavy (non-hydrogen) atoms. The lowest BCUT2D eigenvalue weighted by atomic mass is 9.62. The minimum absolute atomic E-state index is 0.0358. The Kier molecular flexibility index (Phi) is 8.94. The molecule has 2 atom stereocenters. The van der Waals surface area contributed by atoms with E-state index in [1.54, 1.807) is 0 Å². The first-order valence-corrected chi connectivity index (χ1v) is 13.0. The summed E-state index contributed by atoms with van der Waals surface area (Å²) in [5.41, 5.74) is 2.51. The number of nitrogens with one attached hydrogen (secondary N) is 2. The normalized spacial score (nSPS) is 21.4. The van der Waals surface area contributed by atoms with E-state index in [0.29, 0.717) is 10.3 Å². The molecule has 0 heterocycles. The topological polar surface area (TPSA) is 42.5 Å². The van der Waals surface area contributed by atoms with E-state index in [9.17, 15) is 0 Å². The fourth-order valence-electron chi connectivity index (χ4n) is 5.38. The van der Waals surface area contributed by atoms with Gasteiger partial charge in [-0.05, 0) is 90.6 Å². The second-order valence-corrected chi connectivity index (χ2v) is 11.2. The second kappa shape index (κ2) is 11.5. The van der Waals surface area contributed by atoms with E-state index in [1.807, 2.05) is 36.4 Å². The molecule has 2 unspecified atom stereocenters. The van der Waals surface area contributed by atoms with Gasteiger partial charge in [-0.25, -0.2) is 0 Å². The predicted octanol–water partition coefficient (Wildman–Crippen LogP) is 6.60. The van der Waals surface area contributed by atoms with Crippen LogP contribution in [0.3, 0.4) is 0 Å². The summed E-state index contributed by atoms with van der Waals surface area (Å²) in [4.78, 5) is 0. The van der Waals surface area contributed by atoms with Crippen molar-refractivity contribution < 1.29 is 9.47 Å². The van der Waals surface area contributed by atoms with Crippen molar-refractivity contribution in [2.24, 2.45) is 10.8 Å². The quantitative estimate of drug-likeness (QED) is 0.419. The molecule has 2 aromatic rings. The molecule has 184 valence electrons. The van der Waals surface area contributed by atoms with Crippen LogP contribution >= 0.6 is 24.4 Å². The number of benzene rings is 2. The lowest BCUT2D eigenvalue weighted by Crippen LogP contribution is -2.51. The third-order valence-electron chi connectivity index (χ3n) is 6.54. The van der Waals surface area contributed by atoms with Crippen LogP contribution in [0.5, 0.6) is 11.5 Å². The molecule has 4 nitrogen and oxygen atoms in total. The van der Waals surface area contributed by atoms with Gasteiger partial charge in [0.1, 0.15) is 11.5 Å². The SMILES string of the molecule is CCc1ccccc1OC(=S)NCC1(C)CC(NC(=S)Oc2ccccc2CC)CC(C)(C)C1. The molecule has 2 aromatic carbocycles. The van der Waals surface area contributed by atoms with Gasteiger partial charge in [0.2, 0.25) is 0 Å². The van der Waals surface area contributed by atoms with Crippen LogP contribution in [0.25, 0.3) is 0 Å². The molecule has 0 bridgehead atoms. The molecular weight excluding hydrogens is 460 g/mol. The largest absolute Gasteiger partial charge is 0.432 e. The number of rotatable bonds is 7. The summed E-state index contributed by atoms with van der Waals surface area (Å²) < 4.78 is 12.0. The van der Waals surface area contributed by atoms with Crippen molar-refractivity contribution in [1.29, 1.82) is 0 Å². The molecule has 0 amide bonds. The van der Waals surface area contributed by atoms with Crippen molar-refractivity contribution in [2.75, 3.05) is 6.54 Å². The number of thiocarbonyl (C=S) groups is 2. The van der Waals surface area contributed by atoms with E-state index >= 15 is 0 Å². The van der Waals surface area contributed by atoms with Gasteiger partial charge >= 0.3 is 0 Å². The molecule has 0 saturated heterocycles. The summed E-state index contributed by atoms with van der Waals surface area (Å²) in [6, 6.07) is 16.3. The van der Waals surface area contributed by atoms with Crippen LogP contribution in [0.15, 0.2) is 48.5 Å². The zero-order valence-electron chi connectivity index (χ0n) is 21.1. The molecule has 1 saturated carbocycles. The molecule has 1 fully saturated rings. The maximum atomic E-state index is 6.03. The fraction of sp³-hybridized carbons (Fsp3) is 0.500. The molecule has 2 N–H and O–H groups in total. The van der Waals surface area contributed by atoms with E-state index in [1.165, 1.54) is 0 Å². The van der Waals surface area contributed by atoms with Crippen molar-refractivity contribution in [3.05, 3.63) is 59.7 Å². The van der Waals surface area contributed by atoms with E-state index in [4.69, 9.17) is 33.9 Å². The highest BCUT2D eigenvalue weighted by Gasteiger charge is 2.41. The van der Waals surface area contributed by atoms with Crippen LogP contribution in [0, 0.1) is 10.8 Å². The van der Waals surface area contributed by atoms with E-state index < -0.39 is 0 Å². The second-order valence-electron chi connectivity index (χ2n) is 10.5. The number of para-hydroxylation sites is 2. The predicted molar refractivity (Wildman–Crippen MR) is 149 cm³/mol. The Bertz CT molecular complexity index is 1010. The van der Waals surface area contributed by atoms with E-state index in [0.717, 1.165) is 61.3 Å². The van der Waals surface area contributed by atoms with Gasteiger partial charge in [0.15, 0.2) is 0 Å². The molecule has 0 radical (unpaired) electrons. The first kappa shape index (κ1) is 26.4. The van der Waals surface area contributed by atoms with Crippen LogP contribution in [0.4, 0.5) is 0 Å². The van der Waals surface area contributed by atoms with Crippen molar-refractivity contribution in [3.63, 3.8) is 0 Å². The zero-order chi connectivity index (χ0) is 24.8. The number of hydrogen-bond donors (Lipinski definition) is 2. The third-order valence-corrected chi connectivity index (χ3v) is 6.97. The minimum atomic E-state index is 0.0358. The van der Waals surface area contributed by atoms with Gasteiger partial charge in [-0.3, -0.25) is 0 Å². The molecule has 6 heteroatoms. The monoisotopic (exact) mass is 498 g/mol. The Morgan fingerprint density at radius 2 is 1.38 bits per heavy atom. The Morgan fingerprint density at radius 1 is 0.853 bits per heavy atom. The van der Waals surface area contributed by atoms with Crippen LogP contribution in [-0.4, -0.2) is 22.9 Å². The maximum Gasteiger partial charge on any atom is 0.262 e. The fourth-order valence-corrected chi connectivity index (χ4v) is 5.80. The van der Waals surface area contributed by atoms with Gasteiger partial charge in [0.05, 0.1) is 0 Å². The summed E-state index contributed by atoms with van der Waals surface area (Å²) in [5, 5.41) is 7.73. The van der Waals surface area contributed by atoms with Crippen LogP contribution in [0.1, 0.15) is 65.0 Å². The molecule has 0 aliphatic heterocycles. The lowest BCUT2D eigenvalue weighted by molar-refractivity contribution is 0.0787. The lowest BCUT2D eigenvalue weighted by Gasteiger charge is -2.47. The Morgan fingerprint density at radius 3 is 1.94 bits per heavy atom. The summed E-state index contributed by atoms with van der Waals surface area (Å²) in [7, 11) is 0. The first-order chi connectivity index (χ1) is 16.1. The smallest absolute Gasteiger partial charge is 0.262 e. The molecule has 3 rings (SSSR count). The summed E-state index contributed by atoms with van der Waals surface area (Å²) >= 11 is 11.1. The molecule has 0 aromatic heterocycles. The summed E-state index contributed by atoms with van der Waals surface area (Å²) in [6.45, 7) is 11.9. The minimum Gasteiger partial charge on any atom is -0.432 e. The van der Waals surface area contributed by atoms with Crippen LogP contribution < -0.4 is 20.1 Å². The van der Waals surface area contributed by atoms with Gasteiger partial charge in [-0.15, -0.1) is 0 Å². The average molecular weight is 499 g/mol. The Balaban J connectivity index is 1.59. The highest BCUT2D eigenvalue weighted by molar-refractivity contribution is 7.80. The zero-order valence-corrected chi connectivity index (χ0v) is 22.7. The van der Waals surface area contributed by atoms with Crippen molar-refractivity contribution >= 4 is 34.8 Å². The van der Waals surface area contributed by atoms with Gasteiger partial charge in [-0.1, -0.05) is 71.0 Å². The standard InChI is InChI=1S/C28H38N2O2S2/c1-6-20-12-8-10-14-23(20)31-25(33)29-19-28(5)17-22(16-27(3,4)18-28)30-26(34)32-24-15-11-9-13-21(24)7-2/h8-15,22H,6-7,16-19H2,1-5H3,(H,29,33)(H,30,34). The Labute approximate surface area is 215 Å². The third kappa shape index (κ3) is 7.41.